The minimum atomic E-state index is 0.321. The Kier molecular flexibility index (Phi) is 5.77. The van der Waals surface area contributed by atoms with Gasteiger partial charge in [-0.15, -0.1) is 0 Å². The van der Waals surface area contributed by atoms with E-state index in [2.05, 4.69) is 32.2 Å². The Hall–Kier alpha value is -0.240. The fourth-order valence-corrected chi connectivity index (χ4v) is 3.83. The highest BCUT2D eigenvalue weighted by Gasteiger charge is 2.31. The molecule has 1 nitrogen and oxygen atoms in total. The van der Waals surface area contributed by atoms with Crippen molar-refractivity contribution in [2.75, 3.05) is 6.54 Å². The molecule has 0 heterocycles. The zero-order valence-electron chi connectivity index (χ0n) is 12.6. The quantitative estimate of drug-likeness (QED) is 0.750. The molecular weight excluding hydrogens is 289 g/mol. The lowest BCUT2D eigenvalue weighted by Crippen LogP contribution is -2.33. The number of nitrogens with one attached hydrogen (secondary N) is 1. The van der Waals surface area contributed by atoms with E-state index in [9.17, 15) is 0 Å². The predicted octanol–water partition coefficient (Wildman–Crippen LogP) is 5.72. The summed E-state index contributed by atoms with van der Waals surface area (Å²) in [4.78, 5) is 0. The molecular formula is C17H25Cl2N. The van der Waals surface area contributed by atoms with E-state index in [0.29, 0.717) is 22.0 Å². The van der Waals surface area contributed by atoms with E-state index in [-0.39, 0.29) is 0 Å². The van der Waals surface area contributed by atoms with Crippen LogP contribution in [0.25, 0.3) is 0 Å². The zero-order chi connectivity index (χ0) is 14.7. The molecule has 1 saturated carbocycles. The van der Waals surface area contributed by atoms with Crippen molar-refractivity contribution in [1.29, 1.82) is 0 Å². The number of benzene rings is 1. The van der Waals surface area contributed by atoms with E-state index in [1.807, 2.05) is 12.1 Å². The second kappa shape index (κ2) is 7.15. The summed E-state index contributed by atoms with van der Waals surface area (Å²) in [6.07, 6.45) is 3.85. The van der Waals surface area contributed by atoms with E-state index in [1.54, 1.807) is 0 Å². The minimum Gasteiger partial charge on any atom is -0.310 e. The first-order valence-electron chi connectivity index (χ1n) is 7.71. The molecule has 1 aliphatic rings. The third-order valence-corrected chi connectivity index (χ3v) is 5.68. The molecule has 0 amide bonds. The highest BCUT2D eigenvalue weighted by molar-refractivity contribution is 6.42. The van der Waals surface area contributed by atoms with E-state index >= 15 is 0 Å². The summed E-state index contributed by atoms with van der Waals surface area (Å²) in [5.74, 6) is 2.27. The molecule has 0 bridgehead atoms. The van der Waals surface area contributed by atoms with Gasteiger partial charge in [-0.25, -0.2) is 0 Å². The summed E-state index contributed by atoms with van der Waals surface area (Å²) in [5.41, 5.74) is 1.16. The lowest BCUT2D eigenvalue weighted by atomic mass is 9.72. The minimum absolute atomic E-state index is 0.321. The molecule has 0 saturated heterocycles. The van der Waals surface area contributed by atoms with Crippen LogP contribution in [0.4, 0.5) is 0 Å². The first-order valence-corrected chi connectivity index (χ1v) is 8.47. The summed E-state index contributed by atoms with van der Waals surface area (Å²) in [6.45, 7) is 7.85. The molecule has 4 atom stereocenters. The van der Waals surface area contributed by atoms with Crippen LogP contribution in [0.2, 0.25) is 10.0 Å². The van der Waals surface area contributed by atoms with Crippen LogP contribution in [-0.2, 0) is 0 Å². The third kappa shape index (κ3) is 3.50. The van der Waals surface area contributed by atoms with Crippen LogP contribution in [0, 0.1) is 17.8 Å². The van der Waals surface area contributed by atoms with Crippen LogP contribution in [0.5, 0.6) is 0 Å². The van der Waals surface area contributed by atoms with Crippen molar-refractivity contribution in [3.8, 4) is 0 Å². The van der Waals surface area contributed by atoms with Crippen LogP contribution in [0.3, 0.4) is 0 Å². The molecule has 1 aliphatic carbocycles. The van der Waals surface area contributed by atoms with Crippen molar-refractivity contribution in [2.24, 2.45) is 17.8 Å². The normalized spacial score (nSPS) is 28.4. The Bertz CT molecular complexity index is 447. The maximum absolute atomic E-state index is 6.44. The molecule has 112 valence electrons. The topological polar surface area (TPSA) is 12.0 Å². The van der Waals surface area contributed by atoms with Crippen LogP contribution < -0.4 is 5.32 Å². The third-order valence-electron chi connectivity index (χ3n) is 4.85. The van der Waals surface area contributed by atoms with Crippen molar-refractivity contribution in [2.45, 2.75) is 46.1 Å². The molecule has 20 heavy (non-hydrogen) atoms. The Morgan fingerprint density at radius 3 is 2.60 bits per heavy atom. The van der Waals surface area contributed by atoms with Gasteiger partial charge in [-0.05, 0) is 48.8 Å². The van der Waals surface area contributed by atoms with Gasteiger partial charge in [0.1, 0.15) is 0 Å². The van der Waals surface area contributed by atoms with Crippen LogP contribution in [0.1, 0.15) is 51.6 Å². The summed E-state index contributed by atoms with van der Waals surface area (Å²) in [6, 6.07) is 6.30. The second-order valence-electron chi connectivity index (χ2n) is 6.21. The van der Waals surface area contributed by atoms with E-state index in [1.165, 1.54) is 19.3 Å². The largest absolute Gasteiger partial charge is 0.310 e. The van der Waals surface area contributed by atoms with Crippen molar-refractivity contribution in [1.82, 2.24) is 5.32 Å². The van der Waals surface area contributed by atoms with E-state index in [0.717, 1.165) is 23.9 Å². The smallest absolute Gasteiger partial charge is 0.0640 e. The highest BCUT2D eigenvalue weighted by Crippen LogP contribution is 2.42. The maximum Gasteiger partial charge on any atom is 0.0640 e. The average Bonchev–Trinajstić information content (AvgIpc) is 2.43. The molecule has 1 aromatic rings. The van der Waals surface area contributed by atoms with Crippen molar-refractivity contribution in [3.05, 3.63) is 33.8 Å². The summed E-state index contributed by atoms with van der Waals surface area (Å²) in [7, 11) is 0. The molecule has 0 aromatic heterocycles. The van der Waals surface area contributed by atoms with Gasteiger partial charge >= 0.3 is 0 Å². The lowest BCUT2D eigenvalue weighted by molar-refractivity contribution is 0.172. The molecule has 1 fully saturated rings. The molecule has 4 unspecified atom stereocenters. The fraction of sp³-hybridized carbons (Fsp3) is 0.647. The number of rotatable bonds is 4. The van der Waals surface area contributed by atoms with Gasteiger partial charge in [-0.3, -0.25) is 0 Å². The van der Waals surface area contributed by atoms with Crippen molar-refractivity contribution < 1.29 is 0 Å². The maximum atomic E-state index is 6.44. The van der Waals surface area contributed by atoms with Gasteiger partial charge in [0.25, 0.3) is 0 Å². The zero-order valence-corrected chi connectivity index (χ0v) is 14.1. The highest BCUT2D eigenvalue weighted by atomic mass is 35.5. The van der Waals surface area contributed by atoms with Crippen LogP contribution in [0.15, 0.2) is 18.2 Å². The van der Waals surface area contributed by atoms with E-state index in [4.69, 9.17) is 23.2 Å². The van der Waals surface area contributed by atoms with Crippen LogP contribution in [-0.4, -0.2) is 6.54 Å². The van der Waals surface area contributed by atoms with Gasteiger partial charge in [0, 0.05) is 6.04 Å². The van der Waals surface area contributed by atoms with Gasteiger partial charge in [0.2, 0.25) is 0 Å². The van der Waals surface area contributed by atoms with Gasteiger partial charge in [0.05, 0.1) is 10.0 Å². The first kappa shape index (κ1) is 16.1. The molecule has 1 aromatic carbocycles. The number of halogens is 2. The molecule has 0 spiro atoms. The SMILES string of the molecule is CCNC(c1cccc(Cl)c1Cl)C1CCC(C)C(C)C1. The Balaban J connectivity index is 2.24. The van der Waals surface area contributed by atoms with Crippen LogP contribution >= 0.6 is 23.2 Å². The Morgan fingerprint density at radius 2 is 1.95 bits per heavy atom. The Morgan fingerprint density at radius 1 is 1.20 bits per heavy atom. The fourth-order valence-electron chi connectivity index (χ4n) is 3.40. The summed E-state index contributed by atoms with van der Waals surface area (Å²) >= 11 is 12.6. The van der Waals surface area contributed by atoms with Crippen molar-refractivity contribution >= 4 is 23.2 Å². The van der Waals surface area contributed by atoms with Gasteiger partial charge in [-0.2, -0.15) is 0 Å². The average molecular weight is 314 g/mol. The lowest BCUT2D eigenvalue weighted by Gasteiger charge is -2.37. The molecule has 0 radical (unpaired) electrons. The summed E-state index contributed by atoms with van der Waals surface area (Å²) in [5, 5.41) is 5.00. The van der Waals surface area contributed by atoms with E-state index < -0.39 is 0 Å². The summed E-state index contributed by atoms with van der Waals surface area (Å²) < 4.78 is 0. The molecule has 2 rings (SSSR count). The van der Waals surface area contributed by atoms with Crippen molar-refractivity contribution in [3.63, 3.8) is 0 Å². The van der Waals surface area contributed by atoms with Gasteiger partial charge in [0.15, 0.2) is 0 Å². The number of hydrogen-bond donors (Lipinski definition) is 1. The molecule has 1 N–H and O–H groups in total. The standard InChI is InChI=1S/C17H25Cl2N/c1-4-20-17(13-9-8-11(2)12(3)10-13)14-6-5-7-15(18)16(14)19/h5-7,11-13,17,20H,4,8-10H2,1-3H3. The predicted molar refractivity (Wildman–Crippen MR) is 88.5 cm³/mol. The molecule has 0 aliphatic heterocycles. The van der Waals surface area contributed by atoms with Gasteiger partial charge < -0.3 is 5.32 Å². The second-order valence-corrected chi connectivity index (χ2v) is 6.99. The van der Waals surface area contributed by atoms with Gasteiger partial charge in [-0.1, -0.05) is 62.5 Å². The first-order chi connectivity index (χ1) is 9.54. The monoisotopic (exact) mass is 313 g/mol. The Labute approximate surface area is 133 Å². The molecule has 3 heteroatoms. The number of hydrogen-bond acceptors (Lipinski definition) is 1.